The van der Waals surface area contributed by atoms with Crippen molar-refractivity contribution in [1.29, 1.82) is 0 Å². The molecule has 0 saturated carbocycles. The second-order valence-electron chi connectivity index (χ2n) is 6.40. The molecule has 8 nitrogen and oxygen atoms in total. The van der Waals surface area contributed by atoms with Crippen LogP contribution < -0.4 is 5.32 Å². The predicted molar refractivity (Wildman–Crippen MR) is 116 cm³/mol. The van der Waals surface area contributed by atoms with Gasteiger partial charge in [-0.3, -0.25) is 10.1 Å². The predicted octanol–water partition coefficient (Wildman–Crippen LogP) is 3.79. The van der Waals surface area contributed by atoms with Crippen LogP contribution >= 0.6 is 34.8 Å². The van der Waals surface area contributed by atoms with Gasteiger partial charge in [-0.2, -0.15) is 0 Å². The fraction of sp³-hybridized carbons (Fsp3) is 0.167. The van der Waals surface area contributed by atoms with Gasteiger partial charge in [0.05, 0.1) is 22.2 Å². The number of nitrogens with one attached hydrogen (secondary N) is 1. The first-order chi connectivity index (χ1) is 14.1. The summed E-state index contributed by atoms with van der Waals surface area (Å²) in [6, 6.07) is 9.59. The zero-order chi connectivity index (χ0) is 22.1. The number of rotatable bonds is 6. The van der Waals surface area contributed by atoms with E-state index in [1.165, 1.54) is 31.2 Å². The maximum atomic E-state index is 12.7. The molecule has 158 valence electrons. The molecule has 0 fully saturated rings. The van der Waals surface area contributed by atoms with Crippen molar-refractivity contribution in [3.8, 4) is 0 Å². The molecule has 0 unspecified atom stereocenters. The highest BCUT2D eigenvalue weighted by molar-refractivity contribution is 7.89. The van der Waals surface area contributed by atoms with E-state index in [1.807, 2.05) is 12.1 Å². The van der Waals surface area contributed by atoms with Crippen molar-refractivity contribution < 1.29 is 13.2 Å². The molecule has 0 atom stereocenters. The summed E-state index contributed by atoms with van der Waals surface area (Å²) in [5.74, 6) is -0.641. The summed E-state index contributed by atoms with van der Waals surface area (Å²) in [6.45, 7) is 0.399. The second-order valence-corrected chi connectivity index (χ2v) is 9.77. The highest BCUT2D eigenvalue weighted by Gasteiger charge is 2.25. The van der Waals surface area contributed by atoms with Crippen molar-refractivity contribution in [3.63, 3.8) is 0 Å². The summed E-state index contributed by atoms with van der Waals surface area (Å²) in [4.78, 5) is 16.5. The number of halogens is 3. The van der Waals surface area contributed by atoms with Gasteiger partial charge in [0.2, 0.25) is 16.0 Å². The van der Waals surface area contributed by atoms with E-state index in [2.05, 4.69) is 15.4 Å². The minimum absolute atomic E-state index is 0.00596. The standard InChI is InChI=1S/C18H16Cl3N5O3S/c1-25(2)30(28,29)16-7-13(14(20)8-15(16)21)17(27)23-18-22-10-26(24-18)9-11-4-3-5-12(19)6-11/h3-8,10H,9H2,1-2H3,(H,23,24,27). The Bertz CT molecular complexity index is 1210. The van der Waals surface area contributed by atoms with Crippen LogP contribution in [0, 0.1) is 0 Å². The molecule has 1 N–H and O–H groups in total. The normalized spacial score (nSPS) is 11.7. The van der Waals surface area contributed by atoms with Gasteiger partial charge in [0.25, 0.3) is 5.91 Å². The molecule has 1 amide bonds. The fourth-order valence-corrected chi connectivity index (χ4v) is 4.46. The molecule has 0 spiro atoms. The molecule has 0 radical (unpaired) electrons. The van der Waals surface area contributed by atoms with Crippen molar-refractivity contribution >= 4 is 56.7 Å². The van der Waals surface area contributed by atoms with Crippen LogP contribution in [0.15, 0.2) is 47.6 Å². The lowest BCUT2D eigenvalue weighted by Gasteiger charge is -2.14. The van der Waals surface area contributed by atoms with E-state index in [4.69, 9.17) is 34.8 Å². The molecule has 0 bridgehead atoms. The van der Waals surface area contributed by atoms with Crippen molar-refractivity contribution in [2.75, 3.05) is 19.4 Å². The Kier molecular flexibility index (Phi) is 6.68. The Morgan fingerprint density at radius 1 is 1.13 bits per heavy atom. The highest BCUT2D eigenvalue weighted by atomic mass is 35.5. The van der Waals surface area contributed by atoms with E-state index >= 15 is 0 Å². The number of carbonyl (C=O) groups excluding carboxylic acids is 1. The number of carbonyl (C=O) groups is 1. The average Bonchev–Trinajstić information content (AvgIpc) is 3.08. The third-order valence-corrected chi connectivity index (χ3v) is 6.85. The molecule has 1 aromatic heterocycles. The quantitative estimate of drug-likeness (QED) is 0.569. The summed E-state index contributed by atoms with van der Waals surface area (Å²) in [5.41, 5.74) is 0.831. The first kappa shape index (κ1) is 22.5. The number of sulfonamides is 1. The number of hydrogen-bond acceptors (Lipinski definition) is 5. The smallest absolute Gasteiger partial charge is 0.259 e. The molecule has 0 saturated heterocycles. The maximum absolute atomic E-state index is 12.7. The van der Waals surface area contributed by atoms with Gasteiger partial charge in [-0.25, -0.2) is 22.4 Å². The van der Waals surface area contributed by atoms with Crippen molar-refractivity contribution in [2.24, 2.45) is 0 Å². The molecule has 0 aliphatic rings. The van der Waals surface area contributed by atoms with Crippen LogP contribution in [0.4, 0.5) is 5.95 Å². The van der Waals surface area contributed by atoms with Gasteiger partial charge in [-0.15, -0.1) is 5.10 Å². The van der Waals surface area contributed by atoms with Crippen LogP contribution in [0.25, 0.3) is 0 Å². The topological polar surface area (TPSA) is 97.2 Å². The summed E-state index contributed by atoms with van der Waals surface area (Å²) >= 11 is 18.1. The van der Waals surface area contributed by atoms with Crippen LogP contribution in [-0.4, -0.2) is 47.5 Å². The van der Waals surface area contributed by atoms with Gasteiger partial charge in [0.15, 0.2) is 0 Å². The molecule has 30 heavy (non-hydrogen) atoms. The molecule has 3 rings (SSSR count). The molecule has 2 aromatic carbocycles. The monoisotopic (exact) mass is 487 g/mol. The third kappa shape index (κ3) is 4.93. The zero-order valence-corrected chi connectivity index (χ0v) is 18.9. The largest absolute Gasteiger partial charge is 0.289 e. The Morgan fingerprint density at radius 3 is 2.53 bits per heavy atom. The lowest BCUT2D eigenvalue weighted by atomic mass is 10.2. The Labute approximate surface area is 188 Å². The van der Waals surface area contributed by atoms with Crippen LogP contribution in [0.1, 0.15) is 15.9 Å². The lowest BCUT2D eigenvalue weighted by Crippen LogP contribution is -2.23. The fourth-order valence-electron chi connectivity index (χ4n) is 2.52. The zero-order valence-electron chi connectivity index (χ0n) is 15.8. The van der Waals surface area contributed by atoms with Crippen molar-refractivity contribution in [1.82, 2.24) is 19.1 Å². The minimum atomic E-state index is -3.87. The van der Waals surface area contributed by atoms with Gasteiger partial charge < -0.3 is 0 Å². The summed E-state index contributed by atoms with van der Waals surface area (Å²) in [6.07, 6.45) is 1.45. The number of amides is 1. The van der Waals surface area contributed by atoms with Crippen molar-refractivity contribution in [2.45, 2.75) is 11.4 Å². The van der Waals surface area contributed by atoms with Gasteiger partial charge in [0.1, 0.15) is 11.2 Å². The Morgan fingerprint density at radius 2 is 1.87 bits per heavy atom. The minimum Gasteiger partial charge on any atom is -0.289 e. The van der Waals surface area contributed by atoms with Crippen LogP contribution in [0.5, 0.6) is 0 Å². The highest BCUT2D eigenvalue weighted by Crippen LogP contribution is 2.30. The lowest BCUT2D eigenvalue weighted by molar-refractivity contribution is 0.102. The van der Waals surface area contributed by atoms with Crippen LogP contribution in [-0.2, 0) is 16.6 Å². The van der Waals surface area contributed by atoms with Crippen molar-refractivity contribution in [3.05, 3.63) is 68.9 Å². The first-order valence-electron chi connectivity index (χ1n) is 8.44. The number of hydrogen-bond donors (Lipinski definition) is 1. The number of benzene rings is 2. The van der Waals surface area contributed by atoms with E-state index in [1.54, 1.807) is 12.1 Å². The molecule has 0 aliphatic heterocycles. The Balaban J connectivity index is 1.82. The van der Waals surface area contributed by atoms with E-state index < -0.39 is 15.9 Å². The first-order valence-corrected chi connectivity index (χ1v) is 11.0. The van der Waals surface area contributed by atoms with Gasteiger partial charge >= 0.3 is 0 Å². The summed E-state index contributed by atoms with van der Waals surface area (Å²) < 4.78 is 27.4. The Hall–Kier alpha value is -2.17. The number of aromatic nitrogens is 3. The SMILES string of the molecule is CN(C)S(=O)(=O)c1cc(C(=O)Nc2ncn(Cc3cccc(Cl)c3)n2)c(Cl)cc1Cl. The van der Waals surface area contributed by atoms with Gasteiger partial charge in [-0.05, 0) is 29.8 Å². The molecule has 3 aromatic rings. The summed E-state index contributed by atoms with van der Waals surface area (Å²) in [7, 11) is -1.16. The van der Waals surface area contributed by atoms with E-state index in [9.17, 15) is 13.2 Å². The summed E-state index contributed by atoms with van der Waals surface area (Å²) in [5, 5.41) is 7.19. The van der Waals surface area contributed by atoms with E-state index in [-0.39, 0.29) is 26.5 Å². The maximum Gasteiger partial charge on any atom is 0.259 e. The third-order valence-electron chi connectivity index (χ3n) is 4.02. The van der Waals surface area contributed by atoms with E-state index in [0.717, 1.165) is 15.9 Å². The van der Waals surface area contributed by atoms with E-state index in [0.29, 0.717) is 11.6 Å². The molecule has 1 heterocycles. The molecular formula is C18H16Cl3N5O3S. The number of anilines is 1. The average molecular weight is 489 g/mol. The molecule has 0 aliphatic carbocycles. The van der Waals surface area contributed by atoms with Crippen LogP contribution in [0.2, 0.25) is 15.1 Å². The molecular weight excluding hydrogens is 473 g/mol. The van der Waals surface area contributed by atoms with Gasteiger partial charge in [0, 0.05) is 19.1 Å². The second kappa shape index (κ2) is 8.91. The van der Waals surface area contributed by atoms with Gasteiger partial charge in [-0.1, -0.05) is 46.9 Å². The number of nitrogens with zero attached hydrogens (tertiary/aromatic N) is 4. The molecule has 12 heteroatoms. The van der Waals surface area contributed by atoms with Crippen LogP contribution in [0.3, 0.4) is 0 Å².